The molecular weight excluding hydrogens is 402 g/mol. The number of anilines is 2. The Morgan fingerprint density at radius 1 is 1.22 bits per heavy atom. The lowest BCUT2D eigenvalue weighted by Crippen LogP contribution is -2.36. The number of nitrogens with one attached hydrogen (secondary N) is 1. The summed E-state index contributed by atoms with van der Waals surface area (Å²) in [6.07, 6.45) is 7.89. The molecule has 1 aliphatic heterocycles. The average molecular weight is 428 g/mol. The summed E-state index contributed by atoms with van der Waals surface area (Å²) in [6, 6.07) is 17.3. The third kappa shape index (κ3) is 4.37. The maximum atomic E-state index is 13.1. The summed E-state index contributed by atoms with van der Waals surface area (Å²) >= 11 is 0. The number of rotatable bonds is 6. The van der Waals surface area contributed by atoms with Gasteiger partial charge in [0.15, 0.2) is 0 Å². The van der Waals surface area contributed by atoms with Crippen molar-refractivity contribution >= 4 is 23.2 Å². The summed E-state index contributed by atoms with van der Waals surface area (Å²) in [7, 11) is 1.60. The molecule has 4 rings (SSSR count). The van der Waals surface area contributed by atoms with Gasteiger partial charge in [-0.25, -0.2) is 0 Å². The van der Waals surface area contributed by atoms with Gasteiger partial charge in [0.25, 0.3) is 5.91 Å². The monoisotopic (exact) mass is 427 g/mol. The van der Waals surface area contributed by atoms with Crippen LogP contribution in [0.3, 0.4) is 0 Å². The molecule has 2 aromatic carbocycles. The van der Waals surface area contributed by atoms with E-state index in [0.29, 0.717) is 35.2 Å². The van der Waals surface area contributed by atoms with Crippen molar-refractivity contribution in [2.75, 3.05) is 23.8 Å². The van der Waals surface area contributed by atoms with Crippen LogP contribution in [0.15, 0.2) is 65.3 Å². The highest BCUT2D eigenvalue weighted by Crippen LogP contribution is 2.33. The number of benzene rings is 2. The molecule has 2 amide bonds. The van der Waals surface area contributed by atoms with E-state index in [-0.39, 0.29) is 18.4 Å². The van der Waals surface area contributed by atoms with Crippen LogP contribution in [0.2, 0.25) is 0 Å². The molecule has 1 N–H and O–H groups in total. The summed E-state index contributed by atoms with van der Waals surface area (Å²) in [6.45, 7) is 2.56. The van der Waals surface area contributed by atoms with E-state index >= 15 is 0 Å². The van der Waals surface area contributed by atoms with Gasteiger partial charge in [0.1, 0.15) is 5.76 Å². The highest BCUT2D eigenvalue weighted by Gasteiger charge is 2.28. The SMILES string of the molecule is C#Cc1cccc(NC(=O)CN(C)C(=O)c2ccoc2CN2c3ccccc3CC2C)c1. The van der Waals surface area contributed by atoms with Crippen molar-refractivity contribution in [3.8, 4) is 12.3 Å². The molecular formula is C26H25N3O3. The molecule has 1 atom stereocenters. The standard InChI is InChI=1S/C26H25N3O3/c1-4-19-8-7-10-21(15-19)27-25(30)17-28(3)26(31)22-12-13-32-24(22)16-29-18(2)14-20-9-5-6-11-23(20)29/h1,5-13,15,18H,14,16-17H2,2-3H3,(H,27,30). The van der Waals surface area contributed by atoms with Gasteiger partial charge in [-0.2, -0.15) is 0 Å². The minimum atomic E-state index is -0.304. The van der Waals surface area contributed by atoms with Crippen molar-refractivity contribution in [2.45, 2.75) is 25.9 Å². The molecule has 32 heavy (non-hydrogen) atoms. The number of hydrogen-bond donors (Lipinski definition) is 1. The quantitative estimate of drug-likeness (QED) is 0.606. The van der Waals surface area contributed by atoms with E-state index in [1.807, 2.05) is 12.1 Å². The number of furan rings is 1. The van der Waals surface area contributed by atoms with Crippen LogP contribution in [-0.4, -0.2) is 36.3 Å². The van der Waals surface area contributed by atoms with Crippen molar-refractivity contribution in [1.29, 1.82) is 0 Å². The zero-order chi connectivity index (χ0) is 22.7. The second-order valence-electron chi connectivity index (χ2n) is 8.00. The number of para-hydroxylation sites is 1. The van der Waals surface area contributed by atoms with Gasteiger partial charge in [-0.1, -0.05) is 30.2 Å². The minimum Gasteiger partial charge on any atom is -0.467 e. The summed E-state index contributed by atoms with van der Waals surface area (Å²) < 4.78 is 5.68. The Balaban J connectivity index is 1.42. The zero-order valence-electron chi connectivity index (χ0n) is 18.2. The lowest BCUT2D eigenvalue weighted by atomic mass is 10.1. The fourth-order valence-electron chi connectivity index (χ4n) is 4.06. The number of likely N-dealkylation sites (N-methyl/N-ethyl adjacent to an activating group) is 1. The Bertz CT molecular complexity index is 1190. The lowest BCUT2D eigenvalue weighted by Gasteiger charge is -2.24. The molecule has 162 valence electrons. The number of terminal acetylenes is 1. The third-order valence-corrected chi connectivity index (χ3v) is 5.68. The third-order valence-electron chi connectivity index (χ3n) is 5.68. The zero-order valence-corrected chi connectivity index (χ0v) is 18.2. The Morgan fingerprint density at radius 3 is 2.84 bits per heavy atom. The molecule has 0 spiro atoms. The number of carbonyl (C=O) groups is 2. The van der Waals surface area contributed by atoms with Crippen LogP contribution in [0.5, 0.6) is 0 Å². The molecule has 0 saturated heterocycles. The average Bonchev–Trinajstić information content (AvgIpc) is 3.37. The fraction of sp³-hybridized carbons (Fsp3) is 0.231. The molecule has 2 heterocycles. The van der Waals surface area contributed by atoms with Gasteiger partial charge in [0.05, 0.1) is 24.9 Å². The molecule has 6 nitrogen and oxygen atoms in total. The normalized spacial score (nSPS) is 14.5. The number of amides is 2. The number of carbonyl (C=O) groups excluding carboxylic acids is 2. The van der Waals surface area contributed by atoms with Gasteiger partial charge in [-0.05, 0) is 49.2 Å². The predicted octanol–water partition coefficient (Wildman–Crippen LogP) is 3.92. The van der Waals surface area contributed by atoms with Crippen LogP contribution in [0, 0.1) is 12.3 Å². The van der Waals surface area contributed by atoms with E-state index in [4.69, 9.17) is 10.8 Å². The van der Waals surface area contributed by atoms with Gasteiger partial charge in [0.2, 0.25) is 5.91 Å². The van der Waals surface area contributed by atoms with E-state index in [1.165, 1.54) is 16.7 Å². The van der Waals surface area contributed by atoms with E-state index in [9.17, 15) is 9.59 Å². The summed E-state index contributed by atoms with van der Waals surface area (Å²) in [4.78, 5) is 29.1. The van der Waals surface area contributed by atoms with Crippen LogP contribution >= 0.6 is 0 Å². The lowest BCUT2D eigenvalue weighted by molar-refractivity contribution is -0.116. The maximum absolute atomic E-state index is 13.1. The molecule has 6 heteroatoms. The van der Waals surface area contributed by atoms with E-state index in [2.05, 4.69) is 35.2 Å². The Morgan fingerprint density at radius 2 is 2.03 bits per heavy atom. The van der Waals surface area contributed by atoms with Gasteiger partial charge in [0, 0.05) is 30.0 Å². The Hall–Kier alpha value is -3.98. The second-order valence-corrected chi connectivity index (χ2v) is 8.00. The van der Waals surface area contributed by atoms with Crippen molar-refractivity contribution in [1.82, 2.24) is 4.90 Å². The molecule has 0 fully saturated rings. The molecule has 0 radical (unpaired) electrons. The number of nitrogens with zero attached hydrogens (tertiary/aromatic N) is 2. The number of hydrogen-bond acceptors (Lipinski definition) is 4. The van der Waals surface area contributed by atoms with Gasteiger partial charge < -0.3 is 19.5 Å². The largest absolute Gasteiger partial charge is 0.467 e. The van der Waals surface area contributed by atoms with Crippen molar-refractivity contribution in [2.24, 2.45) is 0 Å². The first-order valence-electron chi connectivity index (χ1n) is 10.5. The Kier molecular flexibility index (Phi) is 6.00. The smallest absolute Gasteiger partial charge is 0.257 e. The highest BCUT2D eigenvalue weighted by atomic mass is 16.3. The second kappa shape index (κ2) is 9.03. The predicted molar refractivity (Wildman–Crippen MR) is 124 cm³/mol. The maximum Gasteiger partial charge on any atom is 0.257 e. The van der Waals surface area contributed by atoms with E-state index in [1.54, 1.807) is 37.4 Å². The molecule has 3 aromatic rings. The Labute approximate surface area is 187 Å². The molecule has 0 aliphatic carbocycles. The summed E-state index contributed by atoms with van der Waals surface area (Å²) in [5.41, 5.74) is 4.19. The first-order valence-corrected chi connectivity index (χ1v) is 10.5. The minimum absolute atomic E-state index is 0.0906. The van der Waals surface area contributed by atoms with Crippen LogP contribution in [-0.2, 0) is 17.8 Å². The highest BCUT2D eigenvalue weighted by molar-refractivity contribution is 5.99. The van der Waals surface area contributed by atoms with Crippen LogP contribution in [0.4, 0.5) is 11.4 Å². The molecule has 1 unspecified atom stereocenters. The molecule has 0 saturated carbocycles. The summed E-state index contributed by atoms with van der Waals surface area (Å²) in [5, 5.41) is 2.78. The van der Waals surface area contributed by atoms with Crippen LogP contribution < -0.4 is 10.2 Å². The first kappa shape index (κ1) is 21.3. The van der Waals surface area contributed by atoms with Gasteiger partial charge in [-0.3, -0.25) is 9.59 Å². The fourth-order valence-corrected chi connectivity index (χ4v) is 4.06. The molecule has 0 bridgehead atoms. The van der Waals surface area contributed by atoms with Crippen LogP contribution in [0.25, 0.3) is 0 Å². The van der Waals surface area contributed by atoms with Crippen molar-refractivity contribution < 1.29 is 14.0 Å². The number of fused-ring (bicyclic) bond motifs is 1. The summed E-state index contributed by atoms with van der Waals surface area (Å²) in [5.74, 6) is 2.56. The van der Waals surface area contributed by atoms with Gasteiger partial charge >= 0.3 is 0 Å². The van der Waals surface area contributed by atoms with Crippen molar-refractivity contribution in [3.05, 3.63) is 83.3 Å². The molecule has 1 aromatic heterocycles. The van der Waals surface area contributed by atoms with Gasteiger partial charge in [-0.15, -0.1) is 6.42 Å². The first-order chi connectivity index (χ1) is 15.5. The molecule has 1 aliphatic rings. The van der Waals surface area contributed by atoms with E-state index in [0.717, 1.165) is 12.1 Å². The van der Waals surface area contributed by atoms with Crippen molar-refractivity contribution in [3.63, 3.8) is 0 Å². The topological polar surface area (TPSA) is 65.8 Å². The van der Waals surface area contributed by atoms with E-state index < -0.39 is 0 Å². The van der Waals surface area contributed by atoms with Crippen LogP contribution in [0.1, 0.15) is 34.2 Å².